The number of anilines is 1. The van der Waals surface area contributed by atoms with Crippen molar-refractivity contribution in [3.63, 3.8) is 0 Å². The summed E-state index contributed by atoms with van der Waals surface area (Å²) in [7, 11) is 0. The second-order valence-electron chi connectivity index (χ2n) is 8.13. The first-order valence-corrected chi connectivity index (χ1v) is 11.7. The molecule has 0 aliphatic carbocycles. The van der Waals surface area contributed by atoms with Gasteiger partial charge in [0.1, 0.15) is 11.5 Å². The van der Waals surface area contributed by atoms with Crippen molar-refractivity contribution in [3.8, 4) is 11.3 Å². The average molecular weight is 475 g/mol. The molecule has 3 heterocycles. The predicted octanol–water partition coefficient (Wildman–Crippen LogP) is 4.96. The van der Waals surface area contributed by atoms with Gasteiger partial charge < -0.3 is 14.2 Å². The lowest BCUT2D eigenvalue weighted by Gasteiger charge is -2.36. The van der Waals surface area contributed by atoms with Gasteiger partial charge in [-0.2, -0.15) is 4.99 Å². The number of thioether (sulfide) groups is 1. The summed E-state index contributed by atoms with van der Waals surface area (Å²) in [6.45, 7) is 5.38. The minimum atomic E-state index is -0.442. The Morgan fingerprint density at radius 2 is 1.76 bits per heavy atom. The van der Waals surface area contributed by atoms with Crippen molar-refractivity contribution in [3.05, 3.63) is 87.0 Å². The molecule has 9 heteroatoms. The van der Waals surface area contributed by atoms with Gasteiger partial charge in [0.25, 0.3) is 11.6 Å². The van der Waals surface area contributed by atoms with E-state index in [0.717, 1.165) is 26.2 Å². The van der Waals surface area contributed by atoms with Gasteiger partial charge in [-0.25, -0.2) is 0 Å². The van der Waals surface area contributed by atoms with E-state index in [0.29, 0.717) is 27.2 Å². The van der Waals surface area contributed by atoms with Crippen LogP contribution in [-0.2, 0) is 4.79 Å². The summed E-state index contributed by atoms with van der Waals surface area (Å²) in [6, 6.07) is 18.3. The molecule has 0 N–H and O–H groups in total. The summed E-state index contributed by atoms with van der Waals surface area (Å²) < 4.78 is 5.83. The van der Waals surface area contributed by atoms with Crippen LogP contribution in [0.2, 0.25) is 0 Å². The summed E-state index contributed by atoms with van der Waals surface area (Å²) in [5, 5.41) is 11.7. The number of aryl methyl sites for hydroxylation is 1. The van der Waals surface area contributed by atoms with Crippen LogP contribution in [0.3, 0.4) is 0 Å². The summed E-state index contributed by atoms with van der Waals surface area (Å²) in [6.07, 6.45) is 1.67. The molecule has 2 aliphatic heterocycles. The van der Waals surface area contributed by atoms with Crippen LogP contribution in [0.15, 0.2) is 75.0 Å². The molecular formula is C25H22N4O4S. The zero-order valence-corrected chi connectivity index (χ0v) is 19.3. The van der Waals surface area contributed by atoms with Crippen LogP contribution >= 0.6 is 11.8 Å². The molecule has 0 radical (unpaired) electrons. The standard InChI is InChI=1S/C25H22N4O4S/c1-17-5-7-19(8-6-17)27-11-13-28(14-12-27)25-26-24(30)23(34-25)16-21-9-10-22(33-21)18-3-2-4-20(15-18)29(31)32/h2-10,15-16H,11-14H2,1H3/b23-16+. The molecule has 1 aromatic heterocycles. The van der Waals surface area contributed by atoms with Crippen molar-refractivity contribution in [2.24, 2.45) is 4.99 Å². The Hall–Kier alpha value is -3.85. The van der Waals surface area contributed by atoms with Gasteiger partial charge in [-0.05, 0) is 43.0 Å². The number of hydrogen-bond acceptors (Lipinski definition) is 7. The number of amides is 1. The van der Waals surface area contributed by atoms with Gasteiger partial charge in [0.2, 0.25) is 0 Å². The molecule has 0 saturated carbocycles. The van der Waals surface area contributed by atoms with Gasteiger partial charge >= 0.3 is 0 Å². The van der Waals surface area contributed by atoms with E-state index in [4.69, 9.17) is 4.42 Å². The second-order valence-corrected chi connectivity index (χ2v) is 9.14. The third kappa shape index (κ3) is 4.60. The van der Waals surface area contributed by atoms with E-state index >= 15 is 0 Å². The molecular weight excluding hydrogens is 452 g/mol. The van der Waals surface area contributed by atoms with Crippen molar-refractivity contribution >= 4 is 40.3 Å². The topological polar surface area (TPSA) is 92.2 Å². The molecule has 0 bridgehead atoms. The quantitative estimate of drug-likeness (QED) is 0.300. The molecule has 1 amide bonds. The van der Waals surface area contributed by atoms with Crippen LogP contribution < -0.4 is 4.90 Å². The number of amidine groups is 1. The highest BCUT2D eigenvalue weighted by molar-refractivity contribution is 8.18. The number of nitro benzene ring substituents is 1. The van der Waals surface area contributed by atoms with E-state index in [1.807, 2.05) is 0 Å². The molecule has 5 rings (SSSR count). The number of non-ortho nitro benzene ring substituents is 1. The third-order valence-corrected chi connectivity index (χ3v) is 6.84. The van der Waals surface area contributed by atoms with Gasteiger partial charge in [-0.3, -0.25) is 14.9 Å². The zero-order chi connectivity index (χ0) is 23.7. The first kappa shape index (κ1) is 22.0. The fourth-order valence-corrected chi connectivity index (χ4v) is 4.88. The summed E-state index contributed by atoms with van der Waals surface area (Å²) in [4.78, 5) is 32.3. The number of hydrogen-bond donors (Lipinski definition) is 0. The number of aliphatic imine (C=N–C) groups is 1. The van der Waals surface area contributed by atoms with Gasteiger partial charge in [-0.1, -0.05) is 29.8 Å². The number of nitro groups is 1. The number of nitrogens with zero attached hydrogens (tertiary/aromatic N) is 4. The molecule has 0 spiro atoms. The summed E-state index contributed by atoms with van der Waals surface area (Å²) in [5.74, 6) is 0.714. The Morgan fingerprint density at radius 3 is 2.50 bits per heavy atom. The highest BCUT2D eigenvalue weighted by atomic mass is 32.2. The number of benzene rings is 2. The lowest BCUT2D eigenvalue weighted by Crippen LogP contribution is -2.47. The molecule has 1 fully saturated rings. The fraction of sp³-hybridized carbons (Fsp3) is 0.200. The van der Waals surface area contributed by atoms with Crippen LogP contribution in [0.4, 0.5) is 11.4 Å². The molecule has 2 aliphatic rings. The number of furan rings is 1. The van der Waals surface area contributed by atoms with Gasteiger partial charge in [0, 0.05) is 55.6 Å². The third-order valence-electron chi connectivity index (χ3n) is 5.80. The van der Waals surface area contributed by atoms with Gasteiger partial charge in [-0.15, -0.1) is 0 Å². The molecule has 8 nitrogen and oxygen atoms in total. The molecule has 34 heavy (non-hydrogen) atoms. The molecule has 0 atom stereocenters. The monoisotopic (exact) mass is 474 g/mol. The Bertz CT molecular complexity index is 1300. The Morgan fingerprint density at radius 1 is 1.03 bits per heavy atom. The van der Waals surface area contributed by atoms with Crippen LogP contribution in [0, 0.1) is 17.0 Å². The van der Waals surface area contributed by atoms with Crippen molar-refractivity contribution in [2.45, 2.75) is 6.92 Å². The van der Waals surface area contributed by atoms with E-state index in [9.17, 15) is 14.9 Å². The molecule has 0 unspecified atom stereocenters. The highest BCUT2D eigenvalue weighted by Gasteiger charge is 2.29. The average Bonchev–Trinajstić information content (AvgIpc) is 3.47. The SMILES string of the molecule is Cc1ccc(N2CCN(C3=NC(=O)/C(=C\c4ccc(-c5cccc([N+](=O)[O-])c5)o4)S3)CC2)cc1. The Kier molecular flexibility index (Phi) is 5.93. The van der Waals surface area contributed by atoms with E-state index in [1.165, 1.54) is 35.1 Å². The van der Waals surface area contributed by atoms with Crippen LogP contribution in [0.1, 0.15) is 11.3 Å². The molecule has 172 valence electrons. The molecule has 3 aromatic rings. The first-order chi connectivity index (χ1) is 16.5. The fourth-order valence-electron chi connectivity index (χ4n) is 3.93. The van der Waals surface area contributed by atoms with Gasteiger partial charge in [0.15, 0.2) is 5.17 Å². The number of rotatable bonds is 4. The number of carbonyl (C=O) groups excluding carboxylic acids is 1. The number of carbonyl (C=O) groups is 1. The predicted molar refractivity (Wildman–Crippen MR) is 134 cm³/mol. The van der Waals surface area contributed by atoms with E-state index < -0.39 is 4.92 Å². The maximum Gasteiger partial charge on any atom is 0.286 e. The maximum absolute atomic E-state index is 12.5. The van der Waals surface area contributed by atoms with Gasteiger partial charge in [0.05, 0.1) is 9.83 Å². The van der Waals surface area contributed by atoms with Crippen molar-refractivity contribution < 1.29 is 14.1 Å². The van der Waals surface area contributed by atoms with Crippen LogP contribution in [-0.4, -0.2) is 47.1 Å². The Balaban J connectivity index is 1.24. The zero-order valence-electron chi connectivity index (χ0n) is 18.5. The molecule has 2 aromatic carbocycles. The Labute approximate surface area is 200 Å². The minimum Gasteiger partial charge on any atom is -0.457 e. The van der Waals surface area contributed by atoms with Crippen LogP contribution in [0.25, 0.3) is 17.4 Å². The first-order valence-electron chi connectivity index (χ1n) is 10.9. The van der Waals surface area contributed by atoms with E-state index in [-0.39, 0.29) is 11.6 Å². The molecule has 1 saturated heterocycles. The van der Waals surface area contributed by atoms with Crippen LogP contribution in [0.5, 0.6) is 0 Å². The normalized spacial score (nSPS) is 17.4. The summed E-state index contributed by atoms with van der Waals surface area (Å²) in [5.41, 5.74) is 3.05. The maximum atomic E-state index is 12.5. The highest BCUT2D eigenvalue weighted by Crippen LogP contribution is 2.33. The smallest absolute Gasteiger partial charge is 0.286 e. The van der Waals surface area contributed by atoms with Crippen molar-refractivity contribution in [1.29, 1.82) is 0 Å². The number of piperazine rings is 1. The van der Waals surface area contributed by atoms with E-state index in [1.54, 1.807) is 30.3 Å². The largest absolute Gasteiger partial charge is 0.457 e. The van der Waals surface area contributed by atoms with Crippen molar-refractivity contribution in [2.75, 3.05) is 31.1 Å². The minimum absolute atomic E-state index is 0.00384. The van der Waals surface area contributed by atoms with Crippen molar-refractivity contribution in [1.82, 2.24) is 4.90 Å². The second kappa shape index (κ2) is 9.18. The lowest BCUT2D eigenvalue weighted by molar-refractivity contribution is -0.384. The lowest BCUT2D eigenvalue weighted by atomic mass is 10.1. The van der Waals surface area contributed by atoms with E-state index in [2.05, 4.69) is 46.0 Å². The summed E-state index contributed by atoms with van der Waals surface area (Å²) >= 11 is 1.35.